The second kappa shape index (κ2) is 7.82. The van der Waals surface area contributed by atoms with E-state index in [0.29, 0.717) is 0 Å². The van der Waals surface area contributed by atoms with Crippen LogP contribution in [-0.4, -0.2) is 28.8 Å². The molecule has 0 fully saturated rings. The smallest absolute Gasteiger partial charge is 0.431 e. The molecule has 0 amide bonds. The number of rotatable bonds is 6. The van der Waals surface area contributed by atoms with Crippen molar-refractivity contribution in [2.24, 2.45) is 7.05 Å². The number of ether oxygens (including phenoxy) is 2. The van der Waals surface area contributed by atoms with E-state index in [9.17, 15) is 31.9 Å². The number of nitrogens with zero attached hydrogens (tertiary/aromatic N) is 2. The van der Waals surface area contributed by atoms with E-state index in [0.717, 1.165) is 19.2 Å². The molecule has 2 aromatic rings. The number of alkyl halides is 3. The van der Waals surface area contributed by atoms with E-state index in [1.54, 1.807) is 0 Å². The standard InChI is InChI=1S/C15H11ClF4N2O5/c1-21-12(15(18,19)20)6-13(24)22(14(21)25)10-5-11(8(16)4-9(10)17)27-3-2-26-7-23/h4-7H,2-3H2,1H3. The predicted molar refractivity (Wildman–Crippen MR) is 84.8 cm³/mol. The predicted octanol–water partition coefficient (Wildman–Crippen LogP) is 1.90. The summed E-state index contributed by atoms with van der Waals surface area (Å²) in [6.45, 7) is -0.162. The highest BCUT2D eigenvalue weighted by molar-refractivity contribution is 6.32. The van der Waals surface area contributed by atoms with E-state index in [1.165, 1.54) is 0 Å². The molecular weight excluding hydrogens is 400 g/mol. The fourth-order valence-corrected chi connectivity index (χ4v) is 2.37. The van der Waals surface area contributed by atoms with Crippen molar-refractivity contribution in [1.82, 2.24) is 9.13 Å². The quantitative estimate of drug-likeness (QED) is 0.413. The van der Waals surface area contributed by atoms with Crippen LogP contribution in [0.5, 0.6) is 5.75 Å². The lowest BCUT2D eigenvalue weighted by Crippen LogP contribution is -2.41. The summed E-state index contributed by atoms with van der Waals surface area (Å²) in [5, 5.41) is -0.223. The van der Waals surface area contributed by atoms with Crippen LogP contribution in [0.3, 0.4) is 0 Å². The summed E-state index contributed by atoms with van der Waals surface area (Å²) in [5.41, 5.74) is -4.93. The Kier molecular flexibility index (Phi) is 5.94. The lowest BCUT2D eigenvalue weighted by molar-refractivity contribution is -0.144. The van der Waals surface area contributed by atoms with Crippen molar-refractivity contribution in [3.05, 3.63) is 55.6 Å². The molecule has 0 bridgehead atoms. The Hall–Kier alpha value is -2.82. The third-order valence-corrected chi connectivity index (χ3v) is 3.67. The SMILES string of the molecule is Cn1c(C(F)(F)F)cc(=O)n(-c2cc(OCCOC=O)c(Cl)cc2F)c1=O. The van der Waals surface area contributed by atoms with Gasteiger partial charge in [-0.05, 0) is 6.07 Å². The molecule has 0 N–H and O–H groups in total. The van der Waals surface area contributed by atoms with Crippen molar-refractivity contribution >= 4 is 18.1 Å². The summed E-state index contributed by atoms with van der Waals surface area (Å²) in [4.78, 5) is 34.4. The molecule has 0 atom stereocenters. The van der Waals surface area contributed by atoms with Gasteiger partial charge in [-0.25, -0.2) is 13.8 Å². The first-order chi connectivity index (χ1) is 12.6. The van der Waals surface area contributed by atoms with Gasteiger partial charge in [0.25, 0.3) is 12.0 Å². The van der Waals surface area contributed by atoms with Crippen LogP contribution in [0, 0.1) is 5.82 Å². The summed E-state index contributed by atoms with van der Waals surface area (Å²) >= 11 is 5.80. The van der Waals surface area contributed by atoms with E-state index in [-0.39, 0.29) is 45.7 Å². The lowest BCUT2D eigenvalue weighted by Gasteiger charge is -2.15. The molecule has 146 valence electrons. The highest BCUT2D eigenvalue weighted by Gasteiger charge is 2.35. The molecule has 0 aliphatic carbocycles. The van der Waals surface area contributed by atoms with E-state index in [2.05, 4.69) is 4.74 Å². The van der Waals surface area contributed by atoms with E-state index < -0.39 is 34.6 Å². The number of hydrogen-bond donors (Lipinski definition) is 0. The van der Waals surface area contributed by atoms with E-state index >= 15 is 0 Å². The van der Waals surface area contributed by atoms with Crippen molar-refractivity contribution in [3.8, 4) is 11.4 Å². The third kappa shape index (κ3) is 4.30. The average molecular weight is 411 g/mol. The van der Waals surface area contributed by atoms with Gasteiger partial charge in [0.05, 0.1) is 10.7 Å². The van der Waals surface area contributed by atoms with Gasteiger partial charge in [-0.2, -0.15) is 13.2 Å². The van der Waals surface area contributed by atoms with Crippen molar-refractivity contribution < 1.29 is 31.8 Å². The topological polar surface area (TPSA) is 79.5 Å². The first-order valence-corrected chi connectivity index (χ1v) is 7.53. The van der Waals surface area contributed by atoms with Crippen molar-refractivity contribution in [1.29, 1.82) is 0 Å². The Morgan fingerprint density at radius 3 is 2.44 bits per heavy atom. The molecule has 0 unspecified atom stereocenters. The Bertz CT molecular complexity index is 984. The molecule has 0 aliphatic heterocycles. The maximum Gasteiger partial charge on any atom is 0.431 e. The lowest BCUT2D eigenvalue weighted by atomic mass is 10.2. The molecule has 0 spiro atoms. The third-order valence-electron chi connectivity index (χ3n) is 3.38. The van der Waals surface area contributed by atoms with Crippen LogP contribution in [0.4, 0.5) is 17.6 Å². The van der Waals surface area contributed by atoms with Crippen LogP contribution < -0.4 is 16.0 Å². The van der Waals surface area contributed by atoms with Gasteiger partial charge in [0.2, 0.25) is 0 Å². The molecule has 0 radical (unpaired) electrons. The molecular formula is C15H11ClF4N2O5. The molecule has 0 saturated carbocycles. The van der Waals surface area contributed by atoms with Crippen LogP contribution in [0.25, 0.3) is 5.69 Å². The zero-order valence-corrected chi connectivity index (χ0v) is 14.3. The fourth-order valence-electron chi connectivity index (χ4n) is 2.17. The Morgan fingerprint density at radius 1 is 1.19 bits per heavy atom. The van der Waals surface area contributed by atoms with Gasteiger partial charge in [0, 0.05) is 19.2 Å². The second-order valence-corrected chi connectivity index (χ2v) is 5.50. The largest absolute Gasteiger partial charge is 0.488 e. The molecule has 1 heterocycles. The number of aromatic nitrogens is 2. The van der Waals surface area contributed by atoms with Crippen molar-refractivity contribution in [2.45, 2.75) is 6.18 Å². The van der Waals surface area contributed by atoms with Crippen molar-refractivity contribution in [3.63, 3.8) is 0 Å². The normalized spacial score (nSPS) is 11.3. The maximum absolute atomic E-state index is 14.2. The van der Waals surface area contributed by atoms with Crippen LogP contribution >= 0.6 is 11.6 Å². The number of halogens is 5. The van der Waals surface area contributed by atoms with Crippen LogP contribution in [-0.2, 0) is 22.8 Å². The Labute approximate surface area is 153 Å². The minimum absolute atomic E-state index is 0.158. The molecule has 27 heavy (non-hydrogen) atoms. The van der Waals surface area contributed by atoms with Gasteiger partial charge < -0.3 is 9.47 Å². The molecule has 0 aliphatic rings. The van der Waals surface area contributed by atoms with E-state index in [4.69, 9.17) is 16.3 Å². The molecule has 7 nitrogen and oxygen atoms in total. The molecule has 1 aromatic heterocycles. The number of carbonyl (C=O) groups excluding carboxylic acids is 1. The van der Waals surface area contributed by atoms with Crippen LogP contribution in [0.1, 0.15) is 5.69 Å². The van der Waals surface area contributed by atoms with Gasteiger partial charge in [-0.15, -0.1) is 0 Å². The second-order valence-electron chi connectivity index (χ2n) is 5.09. The minimum atomic E-state index is -4.95. The van der Waals surface area contributed by atoms with Gasteiger partial charge in [0.1, 0.15) is 30.5 Å². The average Bonchev–Trinajstić information content (AvgIpc) is 2.57. The van der Waals surface area contributed by atoms with Gasteiger partial charge in [-0.3, -0.25) is 14.2 Å². The van der Waals surface area contributed by atoms with Gasteiger partial charge in [-0.1, -0.05) is 11.6 Å². The molecule has 1 aromatic carbocycles. The summed E-state index contributed by atoms with van der Waals surface area (Å²) in [5.74, 6) is -1.30. The number of carbonyl (C=O) groups is 1. The van der Waals surface area contributed by atoms with Gasteiger partial charge >= 0.3 is 11.9 Å². The molecule has 12 heteroatoms. The summed E-state index contributed by atoms with van der Waals surface area (Å²) in [6, 6.07) is 1.79. The summed E-state index contributed by atoms with van der Waals surface area (Å²) < 4.78 is 62.8. The number of benzene rings is 1. The highest BCUT2D eigenvalue weighted by atomic mass is 35.5. The zero-order chi connectivity index (χ0) is 20.4. The zero-order valence-electron chi connectivity index (χ0n) is 13.5. The Morgan fingerprint density at radius 2 is 1.85 bits per heavy atom. The maximum atomic E-state index is 14.2. The monoisotopic (exact) mass is 410 g/mol. The number of hydrogen-bond acceptors (Lipinski definition) is 5. The molecule has 2 rings (SSSR count). The first kappa shape index (κ1) is 20.5. The first-order valence-electron chi connectivity index (χ1n) is 7.15. The fraction of sp³-hybridized carbons (Fsp3) is 0.267. The van der Waals surface area contributed by atoms with Gasteiger partial charge in [0.15, 0.2) is 0 Å². The minimum Gasteiger partial charge on any atom is -0.488 e. The van der Waals surface area contributed by atoms with Crippen LogP contribution in [0.2, 0.25) is 5.02 Å². The Balaban J connectivity index is 2.58. The molecule has 0 saturated heterocycles. The summed E-state index contributed by atoms with van der Waals surface area (Å²) in [7, 11) is 0.795. The summed E-state index contributed by atoms with van der Waals surface area (Å²) in [6.07, 6.45) is -4.95. The van der Waals surface area contributed by atoms with E-state index in [1.807, 2.05) is 0 Å². The highest BCUT2D eigenvalue weighted by Crippen LogP contribution is 2.30. The van der Waals surface area contributed by atoms with Crippen molar-refractivity contribution in [2.75, 3.05) is 13.2 Å². The van der Waals surface area contributed by atoms with Crippen LogP contribution in [0.15, 0.2) is 27.8 Å².